The summed E-state index contributed by atoms with van der Waals surface area (Å²) in [6.45, 7) is 2.65. The highest BCUT2D eigenvalue weighted by Gasteiger charge is 2.73. The van der Waals surface area contributed by atoms with Gasteiger partial charge in [0.05, 0.1) is 11.8 Å². The van der Waals surface area contributed by atoms with Crippen LogP contribution in [0.1, 0.15) is 13.8 Å². The van der Waals surface area contributed by atoms with E-state index in [4.69, 9.17) is 5.11 Å². The van der Waals surface area contributed by atoms with Gasteiger partial charge < -0.3 is 5.11 Å². The first-order valence-corrected chi connectivity index (χ1v) is 3.48. The summed E-state index contributed by atoms with van der Waals surface area (Å²) in [5.74, 6) is -4.30. The Hall–Kier alpha value is -0.740. The summed E-state index contributed by atoms with van der Waals surface area (Å²) in [6.07, 6.45) is -4.38. The number of carboxylic acids is 1. The molecular formula is C7H9F3O2. The van der Waals surface area contributed by atoms with E-state index in [1.165, 1.54) is 13.8 Å². The lowest BCUT2D eigenvalue weighted by Crippen LogP contribution is -2.15. The second kappa shape index (κ2) is 2.14. The molecule has 0 aromatic heterocycles. The molecule has 0 amide bonds. The average Bonchev–Trinajstić information content (AvgIpc) is 2.31. The molecule has 1 rings (SSSR count). The predicted molar refractivity (Wildman–Crippen MR) is 34.5 cm³/mol. The van der Waals surface area contributed by atoms with Crippen LogP contribution in [-0.4, -0.2) is 17.3 Å². The Morgan fingerprint density at radius 3 is 1.92 bits per heavy atom. The highest BCUT2D eigenvalue weighted by molar-refractivity contribution is 5.75. The minimum atomic E-state index is -4.38. The number of halogens is 3. The molecule has 0 spiro atoms. The SMILES string of the molecule is CC1(C)[C@H](C(=O)O)[C@H]1C(F)(F)F. The predicted octanol–water partition coefficient (Wildman–Crippen LogP) is 1.91. The third kappa shape index (κ3) is 1.17. The Labute approximate surface area is 67.4 Å². The zero-order valence-corrected chi connectivity index (χ0v) is 6.64. The highest BCUT2D eigenvalue weighted by atomic mass is 19.4. The second-order valence-corrected chi connectivity index (χ2v) is 3.66. The standard InChI is InChI=1S/C7H9F3O2/c1-6(2)3(5(11)12)4(6)7(8,9)10/h3-4H,1-2H3,(H,11,12)/t3-,4+/m0/s1. The summed E-state index contributed by atoms with van der Waals surface area (Å²) in [4.78, 5) is 10.3. The number of hydrogen-bond donors (Lipinski definition) is 1. The number of aliphatic carboxylic acids is 1. The summed E-state index contributed by atoms with van der Waals surface area (Å²) >= 11 is 0. The fourth-order valence-corrected chi connectivity index (χ4v) is 1.71. The number of carboxylic acid groups (broad SMARTS) is 1. The van der Waals surface area contributed by atoms with Gasteiger partial charge in [-0.15, -0.1) is 0 Å². The van der Waals surface area contributed by atoms with Crippen molar-refractivity contribution < 1.29 is 23.1 Å². The molecule has 70 valence electrons. The zero-order chi connectivity index (χ0) is 9.73. The number of alkyl halides is 3. The first-order valence-electron chi connectivity index (χ1n) is 3.48. The molecule has 1 fully saturated rings. The highest BCUT2D eigenvalue weighted by Crippen LogP contribution is 2.64. The monoisotopic (exact) mass is 182 g/mol. The van der Waals surface area contributed by atoms with E-state index in [1.54, 1.807) is 0 Å². The summed E-state index contributed by atoms with van der Waals surface area (Å²) < 4.78 is 36.3. The van der Waals surface area contributed by atoms with Gasteiger partial charge in [0.2, 0.25) is 0 Å². The normalized spacial score (nSPS) is 33.1. The molecule has 0 aromatic carbocycles. The summed E-state index contributed by atoms with van der Waals surface area (Å²) in [7, 11) is 0. The van der Waals surface area contributed by atoms with E-state index >= 15 is 0 Å². The van der Waals surface area contributed by atoms with Gasteiger partial charge in [-0.2, -0.15) is 13.2 Å². The minimum Gasteiger partial charge on any atom is -0.481 e. The van der Waals surface area contributed by atoms with Crippen LogP contribution in [0.15, 0.2) is 0 Å². The quantitative estimate of drug-likeness (QED) is 0.672. The van der Waals surface area contributed by atoms with Crippen LogP contribution >= 0.6 is 0 Å². The third-order valence-corrected chi connectivity index (χ3v) is 2.45. The molecule has 0 radical (unpaired) electrons. The van der Waals surface area contributed by atoms with Gasteiger partial charge in [0.25, 0.3) is 0 Å². The van der Waals surface area contributed by atoms with Crippen molar-refractivity contribution in [3.8, 4) is 0 Å². The van der Waals surface area contributed by atoms with Crippen LogP contribution in [0.25, 0.3) is 0 Å². The number of hydrogen-bond acceptors (Lipinski definition) is 1. The van der Waals surface area contributed by atoms with Gasteiger partial charge in [-0.3, -0.25) is 4.79 Å². The molecule has 0 bridgehead atoms. The molecule has 0 aromatic rings. The van der Waals surface area contributed by atoms with E-state index in [9.17, 15) is 18.0 Å². The first kappa shape index (κ1) is 9.35. The van der Waals surface area contributed by atoms with Crippen LogP contribution in [0.3, 0.4) is 0 Å². The Morgan fingerprint density at radius 2 is 1.83 bits per heavy atom. The molecule has 1 aliphatic rings. The minimum absolute atomic E-state index is 1.13. The topological polar surface area (TPSA) is 37.3 Å². The van der Waals surface area contributed by atoms with E-state index in [-0.39, 0.29) is 0 Å². The van der Waals surface area contributed by atoms with Crippen LogP contribution in [0.2, 0.25) is 0 Å². The van der Waals surface area contributed by atoms with Crippen molar-refractivity contribution in [1.82, 2.24) is 0 Å². The maximum atomic E-state index is 12.1. The first-order chi connectivity index (χ1) is 5.19. The lowest BCUT2D eigenvalue weighted by Gasteiger charge is -2.05. The van der Waals surface area contributed by atoms with Crippen molar-refractivity contribution in [3.63, 3.8) is 0 Å². The van der Waals surface area contributed by atoms with Gasteiger partial charge in [-0.1, -0.05) is 13.8 Å². The Kier molecular flexibility index (Phi) is 1.67. The van der Waals surface area contributed by atoms with E-state index in [0.29, 0.717) is 0 Å². The van der Waals surface area contributed by atoms with Gasteiger partial charge in [-0.25, -0.2) is 0 Å². The molecule has 5 heteroatoms. The molecule has 0 saturated heterocycles. The van der Waals surface area contributed by atoms with Crippen LogP contribution in [0.5, 0.6) is 0 Å². The van der Waals surface area contributed by atoms with Crippen LogP contribution in [0, 0.1) is 17.3 Å². The molecule has 0 unspecified atom stereocenters. The molecule has 0 aliphatic heterocycles. The van der Waals surface area contributed by atoms with Crippen LogP contribution in [-0.2, 0) is 4.79 Å². The summed E-state index contributed by atoms with van der Waals surface area (Å²) in [6, 6.07) is 0. The van der Waals surface area contributed by atoms with Gasteiger partial charge >= 0.3 is 12.1 Å². The summed E-state index contributed by atoms with van der Waals surface area (Å²) in [5.41, 5.74) is -1.13. The van der Waals surface area contributed by atoms with Gasteiger partial charge in [0.1, 0.15) is 0 Å². The Bertz CT molecular complexity index is 219. The maximum Gasteiger partial charge on any atom is 0.393 e. The Balaban J connectivity index is 2.80. The molecule has 12 heavy (non-hydrogen) atoms. The van der Waals surface area contributed by atoms with Crippen molar-refractivity contribution in [1.29, 1.82) is 0 Å². The molecule has 2 atom stereocenters. The van der Waals surface area contributed by atoms with E-state index in [0.717, 1.165) is 0 Å². The van der Waals surface area contributed by atoms with E-state index in [2.05, 4.69) is 0 Å². The fourth-order valence-electron chi connectivity index (χ4n) is 1.71. The average molecular weight is 182 g/mol. The molecule has 1 saturated carbocycles. The second-order valence-electron chi connectivity index (χ2n) is 3.66. The molecule has 0 heterocycles. The fraction of sp³-hybridized carbons (Fsp3) is 0.857. The van der Waals surface area contributed by atoms with E-state index < -0.39 is 29.4 Å². The number of carbonyl (C=O) groups is 1. The number of rotatable bonds is 1. The molecule has 2 nitrogen and oxygen atoms in total. The lowest BCUT2D eigenvalue weighted by molar-refractivity contribution is -0.163. The van der Waals surface area contributed by atoms with Crippen molar-refractivity contribution >= 4 is 5.97 Å². The van der Waals surface area contributed by atoms with Crippen molar-refractivity contribution in [3.05, 3.63) is 0 Å². The van der Waals surface area contributed by atoms with Crippen LogP contribution in [0.4, 0.5) is 13.2 Å². The van der Waals surface area contributed by atoms with Crippen LogP contribution < -0.4 is 0 Å². The van der Waals surface area contributed by atoms with Crippen molar-refractivity contribution in [2.45, 2.75) is 20.0 Å². The maximum absolute atomic E-state index is 12.1. The summed E-state index contributed by atoms with van der Waals surface area (Å²) in [5, 5.41) is 8.42. The van der Waals surface area contributed by atoms with Crippen molar-refractivity contribution in [2.75, 3.05) is 0 Å². The molecular weight excluding hydrogens is 173 g/mol. The molecule has 1 N–H and O–H groups in total. The van der Waals surface area contributed by atoms with Gasteiger partial charge in [0, 0.05) is 0 Å². The largest absolute Gasteiger partial charge is 0.481 e. The molecule has 1 aliphatic carbocycles. The third-order valence-electron chi connectivity index (χ3n) is 2.45. The van der Waals surface area contributed by atoms with Gasteiger partial charge in [-0.05, 0) is 5.41 Å². The van der Waals surface area contributed by atoms with Gasteiger partial charge in [0.15, 0.2) is 0 Å². The Morgan fingerprint density at radius 1 is 1.42 bits per heavy atom. The lowest BCUT2D eigenvalue weighted by atomic mass is 10.1. The smallest absolute Gasteiger partial charge is 0.393 e. The zero-order valence-electron chi connectivity index (χ0n) is 6.64. The van der Waals surface area contributed by atoms with E-state index in [1.807, 2.05) is 0 Å². The van der Waals surface area contributed by atoms with Crippen molar-refractivity contribution in [2.24, 2.45) is 17.3 Å².